The molecule has 0 radical (unpaired) electrons. The number of halogens is 1. The number of fused-ring (bicyclic) bond motifs is 2. The molecule has 3 heterocycles. The van der Waals surface area contributed by atoms with Gasteiger partial charge in [0.05, 0.1) is 7.11 Å². The summed E-state index contributed by atoms with van der Waals surface area (Å²) in [6.07, 6.45) is 3.18. The molecule has 170 valence electrons. The van der Waals surface area contributed by atoms with Crippen molar-refractivity contribution in [3.8, 4) is 0 Å². The molecule has 1 saturated heterocycles. The fourth-order valence-electron chi connectivity index (χ4n) is 4.38. The molecule has 32 heavy (non-hydrogen) atoms. The maximum absolute atomic E-state index is 13.2. The van der Waals surface area contributed by atoms with Crippen LogP contribution in [0, 0.1) is 0 Å². The third kappa shape index (κ3) is 4.37. The number of urea groups is 1. The minimum absolute atomic E-state index is 0.0946. The van der Waals surface area contributed by atoms with Gasteiger partial charge < -0.3 is 14.7 Å². The zero-order valence-electron chi connectivity index (χ0n) is 17.5. The third-order valence-electron chi connectivity index (χ3n) is 5.89. The van der Waals surface area contributed by atoms with Crippen molar-refractivity contribution in [2.24, 2.45) is 0 Å². The highest BCUT2D eigenvalue weighted by Gasteiger charge is 2.50. The first-order valence-electron chi connectivity index (χ1n) is 10.2. The molecule has 0 bridgehead atoms. The maximum Gasteiger partial charge on any atom is 0.409 e. The number of amides is 3. The minimum Gasteiger partial charge on any atom is -0.481 e. The average molecular weight is 479 g/mol. The predicted molar refractivity (Wildman–Crippen MR) is 121 cm³/mol. The van der Waals surface area contributed by atoms with Crippen molar-refractivity contribution in [1.82, 2.24) is 9.88 Å². The van der Waals surface area contributed by atoms with E-state index in [1.54, 1.807) is 22.1 Å². The zero-order valence-corrected chi connectivity index (χ0v) is 19.0. The number of hydrogen-bond acceptors (Lipinski definition) is 6. The molecule has 1 spiro atoms. The summed E-state index contributed by atoms with van der Waals surface area (Å²) in [5.74, 6) is -0.831. The van der Waals surface area contributed by atoms with Gasteiger partial charge >= 0.3 is 18.1 Å². The molecule has 1 fully saturated rings. The molecule has 1 atom stereocenters. The Balaban J connectivity index is 1.50. The molecule has 1 aromatic carbocycles. The number of nitrogens with zero attached hydrogens (tertiary/aromatic N) is 3. The number of aliphatic carboxylic acids is 1. The zero-order chi connectivity index (χ0) is 22.9. The van der Waals surface area contributed by atoms with E-state index in [-0.39, 0.29) is 18.5 Å². The van der Waals surface area contributed by atoms with Crippen molar-refractivity contribution < 1.29 is 24.2 Å². The van der Waals surface area contributed by atoms with Crippen LogP contribution >= 0.6 is 22.9 Å². The first kappa shape index (κ1) is 22.3. The summed E-state index contributed by atoms with van der Waals surface area (Å²) < 4.78 is 4.87. The number of hydrogen-bond donors (Lipinski definition) is 2. The van der Waals surface area contributed by atoms with Gasteiger partial charge in [0.25, 0.3) is 0 Å². The first-order valence-corrected chi connectivity index (χ1v) is 11.4. The summed E-state index contributed by atoms with van der Waals surface area (Å²) >= 11 is 7.60. The van der Waals surface area contributed by atoms with Gasteiger partial charge in [-0.1, -0.05) is 11.6 Å². The van der Waals surface area contributed by atoms with Crippen LogP contribution in [-0.4, -0.2) is 59.8 Å². The van der Waals surface area contributed by atoms with Gasteiger partial charge in [0.2, 0.25) is 0 Å². The van der Waals surface area contributed by atoms with Crippen LogP contribution in [0.15, 0.2) is 24.4 Å². The van der Waals surface area contributed by atoms with Crippen molar-refractivity contribution >= 4 is 51.9 Å². The lowest BCUT2D eigenvalue weighted by atomic mass is 9.81. The topological polar surface area (TPSA) is 112 Å². The summed E-state index contributed by atoms with van der Waals surface area (Å²) in [6.45, 7) is 1.40. The number of methoxy groups -OCH3 is 1. The number of thiazole rings is 1. The summed E-state index contributed by atoms with van der Waals surface area (Å²) in [7, 11) is 1.36. The van der Waals surface area contributed by atoms with Crippen LogP contribution < -0.4 is 10.2 Å². The molecule has 4 rings (SSSR count). The Bertz CT molecular complexity index is 1060. The molecular formula is C21H23ClN4O5S. The Morgan fingerprint density at radius 2 is 2.16 bits per heavy atom. The quantitative estimate of drug-likeness (QED) is 0.672. The van der Waals surface area contributed by atoms with Crippen LogP contribution in [0.4, 0.5) is 20.4 Å². The Morgan fingerprint density at radius 3 is 2.91 bits per heavy atom. The lowest BCUT2D eigenvalue weighted by molar-refractivity contribution is -0.137. The van der Waals surface area contributed by atoms with Crippen LogP contribution in [0.3, 0.4) is 0 Å². The second-order valence-corrected chi connectivity index (χ2v) is 9.53. The minimum atomic E-state index is -0.831. The van der Waals surface area contributed by atoms with Crippen LogP contribution in [0.25, 0.3) is 0 Å². The molecule has 0 saturated carbocycles. The highest BCUT2D eigenvalue weighted by molar-refractivity contribution is 7.15. The number of aryl methyl sites for hydroxylation is 1. The van der Waals surface area contributed by atoms with Gasteiger partial charge in [-0.15, -0.1) is 11.3 Å². The van der Waals surface area contributed by atoms with Gasteiger partial charge in [0, 0.05) is 53.3 Å². The summed E-state index contributed by atoms with van der Waals surface area (Å²) in [5, 5.41) is 12.7. The van der Waals surface area contributed by atoms with Gasteiger partial charge in [-0.3, -0.25) is 15.0 Å². The molecule has 11 heteroatoms. The monoisotopic (exact) mass is 478 g/mol. The number of carboxylic acids is 1. The van der Waals surface area contributed by atoms with E-state index < -0.39 is 11.4 Å². The number of ether oxygens (including phenoxy) is 1. The number of likely N-dealkylation sites (tertiary alicyclic amines) is 1. The van der Waals surface area contributed by atoms with E-state index in [0.29, 0.717) is 49.1 Å². The lowest BCUT2D eigenvalue weighted by Gasteiger charge is -2.25. The molecule has 3 amide bonds. The molecule has 0 aliphatic carbocycles. The second kappa shape index (κ2) is 8.95. The lowest BCUT2D eigenvalue weighted by Crippen LogP contribution is -2.41. The van der Waals surface area contributed by atoms with E-state index in [1.807, 2.05) is 12.1 Å². The number of aromatic nitrogens is 1. The fourth-order valence-corrected chi connectivity index (χ4v) is 5.40. The van der Waals surface area contributed by atoms with Crippen molar-refractivity contribution in [3.05, 3.63) is 39.9 Å². The van der Waals surface area contributed by atoms with Gasteiger partial charge in [0.1, 0.15) is 0 Å². The van der Waals surface area contributed by atoms with Crippen molar-refractivity contribution in [3.63, 3.8) is 0 Å². The molecular weight excluding hydrogens is 456 g/mol. The summed E-state index contributed by atoms with van der Waals surface area (Å²) in [4.78, 5) is 44.4. The van der Waals surface area contributed by atoms with E-state index in [4.69, 9.17) is 21.4 Å². The number of rotatable bonds is 5. The molecule has 1 aromatic heterocycles. The number of anilines is 2. The Kier molecular flexibility index (Phi) is 6.25. The number of carbonyl (C=O) groups is 3. The van der Waals surface area contributed by atoms with Crippen molar-refractivity contribution in [2.45, 2.75) is 31.1 Å². The number of carboxylic acid groups (broad SMARTS) is 1. The highest BCUT2D eigenvalue weighted by Crippen LogP contribution is 2.47. The van der Waals surface area contributed by atoms with Gasteiger partial charge in [0.15, 0.2) is 5.13 Å². The van der Waals surface area contributed by atoms with Gasteiger partial charge in [-0.05, 0) is 43.0 Å². The van der Waals surface area contributed by atoms with Crippen molar-refractivity contribution in [1.29, 1.82) is 0 Å². The molecule has 2 aliphatic heterocycles. The van der Waals surface area contributed by atoms with Gasteiger partial charge in [-0.25, -0.2) is 14.6 Å². The smallest absolute Gasteiger partial charge is 0.409 e. The normalized spacial score (nSPS) is 19.3. The predicted octanol–water partition coefficient (Wildman–Crippen LogP) is 3.97. The number of carbonyl (C=O) groups excluding carboxylic acids is 2. The largest absolute Gasteiger partial charge is 0.481 e. The molecule has 2 aliphatic rings. The number of nitrogens with one attached hydrogen (secondary N) is 1. The Morgan fingerprint density at radius 1 is 1.34 bits per heavy atom. The molecule has 9 nitrogen and oxygen atoms in total. The Labute approximate surface area is 193 Å². The van der Waals surface area contributed by atoms with E-state index in [2.05, 4.69) is 10.3 Å². The fraction of sp³-hybridized carbons (Fsp3) is 0.429. The molecule has 2 aromatic rings. The standard InChI is InChI=1S/C21H23ClN4O5S/c1-31-20(30)25-8-7-21(11-25)12-26(16-6-5-13(22)9-15(16)21)19(29)24-18-23-10-14(32-18)3-2-4-17(27)28/h5-6,9-10H,2-4,7-8,11-12H2,1H3,(H,27,28)(H,23,24,29). The maximum atomic E-state index is 13.2. The van der Waals surface area contributed by atoms with E-state index in [0.717, 1.165) is 16.1 Å². The average Bonchev–Trinajstić information content (AvgIpc) is 3.46. The van der Waals surface area contributed by atoms with Crippen LogP contribution in [-0.2, 0) is 21.4 Å². The SMILES string of the molecule is COC(=O)N1CCC2(C1)CN(C(=O)Nc1ncc(CCCC(=O)O)s1)c1ccc(Cl)cc12. The van der Waals surface area contributed by atoms with Crippen LogP contribution in [0.1, 0.15) is 29.7 Å². The second-order valence-electron chi connectivity index (χ2n) is 7.98. The Hall–Kier alpha value is -2.85. The van der Waals surface area contributed by atoms with Crippen LogP contribution in [0.2, 0.25) is 5.02 Å². The molecule has 2 N–H and O–H groups in total. The first-order chi connectivity index (χ1) is 15.3. The van der Waals surface area contributed by atoms with Gasteiger partial charge in [-0.2, -0.15) is 0 Å². The van der Waals surface area contributed by atoms with Crippen LogP contribution in [0.5, 0.6) is 0 Å². The van der Waals surface area contributed by atoms with E-state index >= 15 is 0 Å². The highest BCUT2D eigenvalue weighted by atomic mass is 35.5. The van der Waals surface area contributed by atoms with Crippen molar-refractivity contribution in [2.75, 3.05) is 37.0 Å². The molecule has 1 unspecified atom stereocenters. The third-order valence-corrected chi connectivity index (χ3v) is 7.10. The van der Waals surface area contributed by atoms with E-state index in [1.165, 1.54) is 18.4 Å². The number of benzene rings is 1. The summed E-state index contributed by atoms with van der Waals surface area (Å²) in [6, 6.07) is 5.13. The summed E-state index contributed by atoms with van der Waals surface area (Å²) in [5.41, 5.74) is 1.30. The van der Waals surface area contributed by atoms with E-state index in [9.17, 15) is 14.4 Å².